The van der Waals surface area contributed by atoms with E-state index >= 15 is 0 Å². The third-order valence-corrected chi connectivity index (χ3v) is 4.90. The van der Waals surface area contributed by atoms with Crippen LogP contribution in [0.4, 0.5) is 0 Å². The Morgan fingerprint density at radius 1 is 0.765 bits per heavy atom. The zero-order chi connectivity index (χ0) is 26.0. The number of halogens is 1. The SMILES string of the molecule is CC(C)C[C@@H](N)[C@H](O)C(=O)N[C@@H](C(=O)N[C@H](C(=O)N[C@@H](CC(=O)O)C(=O)O)C(C)C)C(C)C.Cl. The maximum atomic E-state index is 12.9. The molecule has 0 heterocycles. The molecule has 0 unspecified atom stereocenters. The number of aliphatic hydroxyl groups is 1. The van der Waals surface area contributed by atoms with E-state index in [9.17, 15) is 29.1 Å². The van der Waals surface area contributed by atoms with Crippen molar-refractivity contribution in [3.8, 4) is 0 Å². The van der Waals surface area contributed by atoms with Crippen LogP contribution in [0.5, 0.6) is 0 Å². The highest BCUT2D eigenvalue weighted by Crippen LogP contribution is 2.10. The van der Waals surface area contributed by atoms with Crippen molar-refractivity contribution in [1.82, 2.24) is 16.0 Å². The van der Waals surface area contributed by atoms with Crippen LogP contribution in [-0.2, 0) is 24.0 Å². The van der Waals surface area contributed by atoms with Crippen molar-refractivity contribution in [3.63, 3.8) is 0 Å². The zero-order valence-corrected chi connectivity index (χ0v) is 21.2. The highest BCUT2D eigenvalue weighted by molar-refractivity contribution is 5.94. The minimum Gasteiger partial charge on any atom is -0.481 e. The molecule has 0 aromatic heterocycles. The quantitative estimate of drug-likeness (QED) is 0.160. The number of carboxylic acid groups (broad SMARTS) is 2. The summed E-state index contributed by atoms with van der Waals surface area (Å²) in [7, 11) is 0. The van der Waals surface area contributed by atoms with Gasteiger partial charge in [0, 0.05) is 6.04 Å². The number of carboxylic acids is 2. The summed E-state index contributed by atoms with van der Waals surface area (Å²) >= 11 is 0. The molecule has 0 radical (unpaired) electrons. The third-order valence-electron chi connectivity index (χ3n) is 4.90. The fourth-order valence-electron chi connectivity index (χ4n) is 3.06. The summed E-state index contributed by atoms with van der Waals surface area (Å²) < 4.78 is 0. The molecule has 13 heteroatoms. The normalized spacial score (nSPS) is 15.5. The van der Waals surface area contributed by atoms with E-state index in [0.717, 1.165) is 0 Å². The lowest BCUT2D eigenvalue weighted by atomic mass is 9.97. The summed E-state index contributed by atoms with van der Waals surface area (Å²) in [6.45, 7) is 10.3. The molecule has 5 atom stereocenters. The van der Waals surface area contributed by atoms with E-state index in [1.165, 1.54) is 0 Å². The maximum Gasteiger partial charge on any atom is 0.326 e. The van der Waals surface area contributed by atoms with Gasteiger partial charge in [-0.05, 0) is 24.2 Å². The van der Waals surface area contributed by atoms with E-state index in [1.54, 1.807) is 27.7 Å². The fraction of sp³-hybridized carbons (Fsp3) is 0.762. The number of rotatable bonds is 14. The predicted octanol–water partition coefficient (Wildman–Crippen LogP) is -0.532. The van der Waals surface area contributed by atoms with Crippen LogP contribution in [0.3, 0.4) is 0 Å². The van der Waals surface area contributed by atoms with Gasteiger partial charge in [0.1, 0.15) is 24.2 Å². The molecule has 3 amide bonds. The molecule has 0 aromatic carbocycles. The van der Waals surface area contributed by atoms with Gasteiger partial charge in [0.05, 0.1) is 6.42 Å². The number of hydrogen-bond donors (Lipinski definition) is 7. The molecule has 12 nitrogen and oxygen atoms in total. The Labute approximate surface area is 205 Å². The summed E-state index contributed by atoms with van der Waals surface area (Å²) in [4.78, 5) is 60.0. The molecule has 0 spiro atoms. The van der Waals surface area contributed by atoms with E-state index in [4.69, 9.17) is 15.9 Å². The topological polar surface area (TPSA) is 208 Å². The first-order valence-corrected chi connectivity index (χ1v) is 10.9. The molecule has 0 rings (SSSR count). The van der Waals surface area contributed by atoms with Crippen LogP contribution in [0.15, 0.2) is 0 Å². The van der Waals surface area contributed by atoms with Gasteiger partial charge >= 0.3 is 11.9 Å². The number of carbonyl (C=O) groups is 5. The van der Waals surface area contributed by atoms with Crippen molar-refractivity contribution < 1.29 is 39.3 Å². The second-order valence-corrected chi connectivity index (χ2v) is 9.20. The maximum absolute atomic E-state index is 12.9. The van der Waals surface area contributed by atoms with Crippen LogP contribution in [-0.4, -0.2) is 75.3 Å². The molecule has 0 aliphatic rings. The van der Waals surface area contributed by atoms with Gasteiger partial charge in [-0.1, -0.05) is 41.5 Å². The molecule has 198 valence electrons. The van der Waals surface area contributed by atoms with Gasteiger partial charge in [-0.3, -0.25) is 19.2 Å². The summed E-state index contributed by atoms with van der Waals surface area (Å²) in [5.74, 6) is -6.12. The predicted molar refractivity (Wildman–Crippen MR) is 126 cm³/mol. The van der Waals surface area contributed by atoms with Crippen molar-refractivity contribution in [3.05, 3.63) is 0 Å². The van der Waals surface area contributed by atoms with Crippen molar-refractivity contribution in [2.75, 3.05) is 0 Å². The summed E-state index contributed by atoms with van der Waals surface area (Å²) in [5.41, 5.74) is 5.86. The van der Waals surface area contributed by atoms with E-state index in [2.05, 4.69) is 16.0 Å². The number of hydrogen-bond acceptors (Lipinski definition) is 7. The second-order valence-electron chi connectivity index (χ2n) is 9.20. The Bertz CT molecular complexity index is 717. The molecule has 0 aliphatic heterocycles. The molecule has 8 N–H and O–H groups in total. The van der Waals surface area contributed by atoms with Crippen LogP contribution in [0.2, 0.25) is 0 Å². The van der Waals surface area contributed by atoms with E-state index in [-0.39, 0.29) is 18.3 Å². The largest absolute Gasteiger partial charge is 0.481 e. The number of amides is 3. The molecule has 0 aliphatic carbocycles. The molecular formula is C21H39ClN4O8. The Morgan fingerprint density at radius 2 is 1.18 bits per heavy atom. The average Bonchev–Trinajstić information content (AvgIpc) is 2.66. The first-order chi connectivity index (χ1) is 15.1. The van der Waals surface area contributed by atoms with E-state index in [1.807, 2.05) is 13.8 Å². The number of aliphatic hydroxyl groups excluding tert-OH is 1. The standard InChI is InChI=1S/C21H38N4O8.ClH/c1-9(2)7-12(22)17(28)20(31)25-16(11(5)6)19(30)24-15(10(3)4)18(29)23-13(21(32)33)8-14(26)27;/h9-13,15-17,28H,7-8,22H2,1-6H3,(H,23,29)(H,24,30)(H,25,31)(H,26,27)(H,32,33);1H/t12-,13+,15+,16-,17+;/m1./s1. The molecule has 0 saturated carbocycles. The smallest absolute Gasteiger partial charge is 0.326 e. The Balaban J connectivity index is 0. The van der Waals surface area contributed by atoms with Crippen LogP contribution >= 0.6 is 12.4 Å². The van der Waals surface area contributed by atoms with Crippen molar-refractivity contribution >= 4 is 42.1 Å². The van der Waals surface area contributed by atoms with Gasteiger partial charge in [0.2, 0.25) is 11.8 Å². The van der Waals surface area contributed by atoms with Gasteiger partial charge in [0.15, 0.2) is 0 Å². The highest BCUT2D eigenvalue weighted by Gasteiger charge is 2.34. The first-order valence-electron chi connectivity index (χ1n) is 10.9. The zero-order valence-electron chi connectivity index (χ0n) is 20.4. The van der Waals surface area contributed by atoms with Gasteiger partial charge in [-0.15, -0.1) is 12.4 Å². The second kappa shape index (κ2) is 15.5. The molecular weight excluding hydrogens is 472 g/mol. The minimum absolute atomic E-state index is 0. The fourth-order valence-corrected chi connectivity index (χ4v) is 3.06. The van der Waals surface area contributed by atoms with Gasteiger partial charge < -0.3 is 37.0 Å². The van der Waals surface area contributed by atoms with Crippen molar-refractivity contribution in [2.24, 2.45) is 23.5 Å². The number of nitrogens with one attached hydrogen (secondary N) is 3. The van der Waals surface area contributed by atoms with Gasteiger partial charge in [-0.2, -0.15) is 0 Å². The lowest BCUT2D eigenvalue weighted by molar-refractivity contribution is -0.147. The Hall–Kier alpha value is -2.44. The third kappa shape index (κ3) is 11.6. The van der Waals surface area contributed by atoms with E-state index < -0.39 is 78.2 Å². The first kappa shape index (κ1) is 33.7. The van der Waals surface area contributed by atoms with Crippen molar-refractivity contribution in [2.45, 2.75) is 84.7 Å². The Kier molecular flexibility index (Phi) is 15.3. The molecule has 0 aromatic rings. The molecule has 0 bridgehead atoms. The van der Waals surface area contributed by atoms with Crippen LogP contribution in [0, 0.1) is 17.8 Å². The lowest BCUT2D eigenvalue weighted by Crippen LogP contribution is -2.60. The van der Waals surface area contributed by atoms with Gasteiger partial charge in [0.25, 0.3) is 5.91 Å². The lowest BCUT2D eigenvalue weighted by Gasteiger charge is -2.29. The van der Waals surface area contributed by atoms with E-state index in [0.29, 0.717) is 6.42 Å². The average molecular weight is 511 g/mol. The molecule has 0 fully saturated rings. The van der Waals surface area contributed by atoms with Crippen molar-refractivity contribution in [1.29, 1.82) is 0 Å². The number of aliphatic carboxylic acids is 2. The number of nitrogens with two attached hydrogens (primary N) is 1. The van der Waals surface area contributed by atoms with Gasteiger partial charge in [-0.25, -0.2) is 4.79 Å². The summed E-state index contributed by atoms with van der Waals surface area (Å²) in [5, 5.41) is 35.2. The van der Waals surface area contributed by atoms with Crippen LogP contribution < -0.4 is 21.7 Å². The molecule has 34 heavy (non-hydrogen) atoms. The summed E-state index contributed by atoms with van der Waals surface area (Å²) in [6, 6.07) is -4.80. The summed E-state index contributed by atoms with van der Waals surface area (Å²) in [6.07, 6.45) is -1.97. The monoisotopic (exact) mass is 510 g/mol. The molecule has 0 saturated heterocycles. The number of carbonyl (C=O) groups excluding carboxylic acids is 3. The highest BCUT2D eigenvalue weighted by atomic mass is 35.5. The Morgan fingerprint density at radius 3 is 1.53 bits per heavy atom. The minimum atomic E-state index is -1.67. The van der Waals surface area contributed by atoms with Crippen LogP contribution in [0.25, 0.3) is 0 Å². The van der Waals surface area contributed by atoms with Crippen LogP contribution in [0.1, 0.15) is 54.4 Å².